The van der Waals surface area contributed by atoms with E-state index in [9.17, 15) is 17.6 Å². The van der Waals surface area contributed by atoms with Gasteiger partial charge in [0.1, 0.15) is 5.82 Å². The molecule has 0 radical (unpaired) electrons. The molecule has 154 valence electrons. The molecule has 2 heterocycles. The van der Waals surface area contributed by atoms with Crippen molar-refractivity contribution in [3.05, 3.63) is 87.6 Å². The van der Waals surface area contributed by atoms with Crippen molar-refractivity contribution >= 4 is 21.4 Å². The van der Waals surface area contributed by atoms with Gasteiger partial charge in [-0.05, 0) is 54.4 Å². The molecule has 0 bridgehead atoms. The Balaban J connectivity index is 1.95. The van der Waals surface area contributed by atoms with Crippen LogP contribution in [-0.2, 0) is 23.6 Å². The molecule has 1 N–H and O–H groups in total. The van der Waals surface area contributed by atoms with Gasteiger partial charge in [-0.1, -0.05) is 6.07 Å². The standard InChI is InChI=1S/C22H20FN3O3S/c1-3-30(28,29)25-17-8-9-18-19(11-17)20-13-26(2)21(27)10-15(20)12-24-22(18)14-4-6-16(23)7-5-14/h4-11,13,25H,3,12H2,1-2H3. The first-order valence-electron chi connectivity index (χ1n) is 9.42. The Morgan fingerprint density at radius 3 is 2.50 bits per heavy atom. The zero-order valence-corrected chi connectivity index (χ0v) is 17.3. The van der Waals surface area contributed by atoms with Crippen LogP contribution in [0.1, 0.15) is 23.6 Å². The lowest BCUT2D eigenvalue weighted by Gasteiger charge is -2.15. The van der Waals surface area contributed by atoms with E-state index in [1.54, 1.807) is 56.6 Å². The van der Waals surface area contributed by atoms with Crippen LogP contribution in [0.15, 0.2) is 64.5 Å². The van der Waals surface area contributed by atoms with Crippen LogP contribution in [0.5, 0.6) is 0 Å². The van der Waals surface area contributed by atoms with Crippen LogP contribution in [0.25, 0.3) is 11.1 Å². The summed E-state index contributed by atoms with van der Waals surface area (Å²) in [6, 6.07) is 12.8. The van der Waals surface area contributed by atoms with Crippen molar-refractivity contribution in [2.75, 3.05) is 10.5 Å². The summed E-state index contributed by atoms with van der Waals surface area (Å²) in [4.78, 5) is 16.9. The smallest absolute Gasteiger partial charge is 0.250 e. The maximum absolute atomic E-state index is 13.4. The lowest BCUT2D eigenvalue weighted by atomic mass is 9.92. The second-order valence-corrected chi connectivity index (χ2v) is 9.11. The molecule has 0 amide bonds. The maximum atomic E-state index is 13.4. The molecule has 0 saturated heterocycles. The Morgan fingerprint density at radius 2 is 1.80 bits per heavy atom. The minimum atomic E-state index is -3.45. The molecule has 8 heteroatoms. The van der Waals surface area contributed by atoms with Gasteiger partial charge in [0, 0.05) is 41.7 Å². The van der Waals surface area contributed by atoms with Crippen LogP contribution in [0.2, 0.25) is 0 Å². The van der Waals surface area contributed by atoms with Crippen LogP contribution < -0.4 is 10.3 Å². The summed E-state index contributed by atoms with van der Waals surface area (Å²) in [6.07, 6.45) is 1.73. The maximum Gasteiger partial charge on any atom is 0.250 e. The Bertz CT molecular complexity index is 1330. The molecule has 2 aromatic carbocycles. The number of nitrogens with zero attached hydrogens (tertiary/aromatic N) is 2. The topological polar surface area (TPSA) is 80.5 Å². The van der Waals surface area contributed by atoms with Crippen LogP contribution in [0, 0.1) is 5.82 Å². The van der Waals surface area contributed by atoms with Gasteiger partial charge >= 0.3 is 0 Å². The number of aromatic nitrogens is 1. The van der Waals surface area contributed by atoms with Gasteiger partial charge in [0.05, 0.1) is 18.0 Å². The molecule has 1 aliphatic heterocycles. The van der Waals surface area contributed by atoms with Gasteiger partial charge in [0.2, 0.25) is 10.0 Å². The second-order valence-electron chi connectivity index (χ2n) is 7.10. The minimum Gasteiger partial charge on any atom is -0.318 e. The molecule has 0 saturated carbocycles. The molecule has 0 atom stereocenters. The van der Waals surface area contributed by atoms with E-state index in [1.807, 2.05) is 0 Å². The number of aryl methyl sites for hydroxylation is 1. The number of benzene rings is 2. The van der Waals surface area contributed by atoms with E-state index in [0.717, 1.165) is 27.8 Å². The molecule has 0 unspecified atom stereocenters. The Hall–Kier alpha value is -3.26. The highest BCUT2D eigenvalue weighted by Gasteiger charge is 2.21. The van der Waals surface area contributed by atoms with Crippen LogP contribution in [0.4, 0.5) is 10.1 Å². The Kier molecular flexibility index (Phi) is 5.03. The number of anilines is 1. The SMILES string of the molecule is CCS(=O)(=O)Nc1ccc2c(c1)-c1cn(C)c(=O)cc1CN=C2c1ccc(F)cc1. The van der Waals surface area contributed by atoms with Gasteiger partial charge in [0.15, 0.2) is 0 Å². The molecule has 0 spiro atoms. The number of nitrogens with one attached hydrogen (secondary N) is 1. The number of hydrogen-bond acceptors (Lipinski definition) is 4. The second kappa shape index (κ2) is 7.53. The predicted octanol–water partition coefficient (Wildman–Crippen LogP) is 3.30. The molecule has 0 fully saturated rings. The fraction of sp³-hybridized carbons (Fsp3) is 0.182. The van der Waals surface area contributed by atoms with Gasteiger partial charge in [-0.2, -0.15) is 0 Å². The van der Waals surface area contributed by atoms with Crippen molar-refractivity contribution < 1.29 is 12.8 Å². The fourth-order valence-corrected chi connectivity index (χ4v) is 4.07. The Morgan fingerprint density at radius 1 is 1.07 bits per heavy atom. The summed E-state index contributed by atoms with van der Waals surface area (Å²) in [6.45, 7) is 1.85. The van der Waals surface area contributed by atoms with E-state index in [4.69, 9.17) is 4.99 Å². The van der Waals surface area contributed by atoms with Crippen molar-refractivity contribution in [2.24, 2.45) is 12.0 Å². The molecular formula is C22H20FN3O3S. The number of aliphatic imine (C=N–C) groups is 1. The van der Waals surface area contributed by atoms with Crippen molar-refractivity contribution in [1.29, 1.82) is 0 Å². The average Bonchev–Trinajstić information content (AvgIpc) is 2.86. The number of halogens is 1. The molecular weight excluding hydrogens is 405 g/mol. The highest BCUT2D eigenvalue weighted by molar-refractivity contribution is 7.92. The third kappa shape index (κ3) is 3.78. The van der Waals surface area contributed by atoms with Gasteiger partial charge in [-0.15, -0.1) is 0 Å². The molecule has 30 heavy (non-hydrogen) atoms. The lowest BCUT2D eigenvalue weighted by Crippen LogP contribution is -2.17. The monoisotopic (exact) mass is 425 g/mol. The normalized spacial score (nSPS) is 13.1. The minimum absolute atomic E-state index is 0.0442. The van der Waals surface area contributed by atoms with Gasteiger partial charge < -0.3 is 4.57 Å². The molecule has 1 aromatic heterocycles. The highest BCUT2D eigenvalue weighted by atomic mass is 32.2. The number of hydrogen-bond donors (Lipinski definition) is 1. The summed E-state index contributed by atoms with van der Waals surface area (Å²) in [5.74, 6) is -0.388. The van der Waals surface area contributed by atoms with Crippen molar-refractivity contribution in [1.82, 2.24) is 4.57 Å². The largest absolute Gasteiger partial charge is 0.318 e. The summed E-state index contributed by atoms with van der Waals surface area (Å²) in [5, 5.41) is 0. The van der Waals surface area contributed by atoms with Gasteiger partial charge in [-0.3, -0.25) is 14.5 Å². The van der Waals surface area contributed by atoms with Gasteiger partial charge in [-0.25, -0.2) is 12.8 Å². The van der Waals surface area contributed by atoms with E-state index < -0.39 is 10.0 Å². The zero-order chi connectivity index (χ0) is 21.5. The summed E-state index contributed by atoms with van der Waals surface area (Å²) >= 11 is 0. The number of pyridine rings is 1. The zero-order valence-electron chi connectivity index (χ0n) is 16.5. The number of rotatable bonds is 4. The number of fused-ring (bicyclic) bond motifs is 3. The first-order valence-corrected chi connectivity index (χ1v) is 11.1. The van der Waals surface area contributed by atoms with Crippen molar-refractivity contribution in [3.8, 4) is 11.1 Å². The van der Waals surface area contributed by atoms with Gasteiger partial charge in [0.25, 0.3) is 5.56 Å². The first kappa shape index (κ1) is 20.0. The average molecular weight is 425 g/mol. The van der Waals surface area contributed by atoms with E-state index >= 15 is 0 Å². The molecule has 3 aromatic rings. The first-order chi connectivity index (χ1) is 14.3. The Labute approximate surface area is 173 Å². The molecule has 6 nitrogen and oxygen atoms in total. The van der Waals surface area contributed by atoms with E-state index in [0.29, 0.717) is 11.4 Å². The third-order valence-electron chi connectivity index (χ3n) is 5.06. The quantitative estimate of drug-likeness (QED) is 0.696. The summed E-state index contributed by atoms with van der Waals surface area (Å²) in [7, 11) is -1.78. The van der Waals surface area contributed by atoms with Crippen molar-refractivity contribution in [2.45, 2.75) is 13.5 Å². The summed E-state index contributed by atoms with van der Waals surface area (Å²) in [5.41, 5.74) is 4.72. The molecule has 4 rings (SSSR count). The van der Waals surface area contributed by atoms with Crippen LogP contribution in [0.3, 0.4) is 0 Å². The van der Waals surface area contributed by atoms with Crippen molar-refractivity contribution in [3.63, 3.8) is 0 Å². The van der Waals surface area contributed by atoms with E-state index in [1.165, 1.54) is 16.7 Å². The lowest BCUT2D eigenvalue weighted by molar-refractivity contribution is 0.602. The third-order valence-corrected chi connectivity index (χ3v) is 6.36. The highest BCUT2D eigenvalue weighted by Crippen LogP contribution is 2.34. The van der Waals surface area contributed by atoms with Crippen LogP contribution in [-0.4, -0.2) is 24.4 Å². The van der Waals surface area contributed by atoms with Crippen LogP contribution >= 0.6 is 0 Å². The van der Waals surface area contributed by atoms with E-state index in [-0.39, 0.29) is 23.7 Å². The van der Waals surface area contributed by atoms with E-state index in [2.05, 4.69) is 4.72 Å². The molecule has 0 aliphatic carbocycles. The summed E-state index contributed by atoms with van der Waals surface area (Å²) < 4.78 is 41.6. The predicted molar refractivity (Wildman–Crippen MR) is 116 cm³/mol. The molecule has 1 aliphatic rings. The number of sulfonamides is 1. The fourth-order valence-electron chi connectivity index (χ4n) is 3.43.